The molecule has 2 N–H and O–H groups in total. The van der Waals surface area contributed by atoms with Crippen LogP contribution < -0.4 is 5.32 Å². The standard InChI is InChI=1S/C16H17N3O2/c20-16(18-13-8-14-11(13)6-7-21-14)12-9-17-19-15(12)10-4-2-1-3-5-10/h1-5,9,11,13-14H,6-8H2,(H,17,19)(H,18,20)/t11-,13+,14+/m1/s1. The van der Waals surface area contributed by atoms with Crippen LogP contribution in [-0.2, 0) is 4.74 Å². The van der Waals surface area contributed by atoms with Crippen LogP contribution in [0.5, 0.6) is 0 Å². The molecule has 0 unspecified atom stereocenters. The number of aromatic nitrogens is 2. The molecule has 2 aliphatic rings. The summed E-state index contributed by atoms with van der Waals surface area (Å²) in [7, 11) is 0. The van der Waals surface area contributed by atoms with E-state index in [2.05, 4.69) is 15.5 Å². The number of H-pyrrole nitrogens is 1. The molecule has 0 bridgehead atoms. The van der Waals surface area contributed by atoms with Crippen LogP contribution in [0.25, 0.3) is 11.3 Å². The van der Waals surface area contributed by atoms with Gasteiger partial charge in [-0.1, -0.05) is 30.3 Å². The first-order chi connectivity index (χ1) is 10.3. The molecule has 0 radical (unpaired) electrons. The molecule has 2 heterocycles. The van der Waals surface area contributed by atoms with Gasteiger partial charge in [0.1, 0.15) is 0 Å². The Morgan fingerprint density at radius 3 is 3.00 bits per heavy atom. The highest BCUT2D eigenvalue weighted by molar-refractivity contribution is 5.99. The maximum absolute atomic E-state index is 12.5. The van der Waals surface area contributed by atoms with E-state index in [0.717, 1.165) is 30.7 Å². The number of nitrogens with one attached hydrogen (secondary N) is 2. The maximum Gasteiger partial charge on any atom is 0.255 e. The van der Waals surface area contributed by atoms with E-state index in [9.17, 15) is 4.79 Å². The van der Waals surface area contributed by atoms with E-state index in [1.54, 1.807) is 6.20 Å². The smallest absolute Gasteiger partial charge is 0.255 e. The quantitative estimate of drug-likeness (QED) is 0.905. The van der Waals surface area contributed by atoms with Crippen molar-refractivity contribution >= 4 is 5.91 Å². The summed E-state index contributed by atoms with van der Waals surface area (Å²) in [5.74, 6) is 0.430. The molecule has 2 aromatic rings. The molecule has 21 heavy (non-hydrogen) atoms. The summed E-state index contributed by atoms with van der Waals surface area (Å²) in [6, 6.07) is 10.0. The van der Waals surface area contributed by atoms with E-state index in [1.807, 2.05) is 30.3 Å². The van der Waals surface area contributed by atoms with Gasteiger partial charge in [0.2, 0.25) is 0 Å². The van der Waals surface area contributed by atoms with Gasteiger partial charge < -0.3 is 10.1 Å². The lowest BCUT2D eigenvalue weighted by atomic mass is 9.76. The topological polar surface area (TPSA) is 67.0 Å². The molecule has 1 aromatic carbocycles. The Bertz CT molecular complexity index is 653. The van der Waals surface area contributed by atoms with Gasteiger partial charge in [-0.05, 0) is 12.8 Å². The molecule has 1 aliphatic heterocycles. The summed E-state index contributed by atoms with van der Waals surface area (Å²) < 4.78 is 5.58. The van der Waals surface area contributed by atoms with Gasteiger partial charge in [-0.15, -0.1) is 0 Å². The minimum absolute atomic E-state index is 0.0575. The van der Waals surface area contributed by atoms with Crippen molar-refractivity contribution in [1.29, 1.82) is 0 Å². The van der Waals surface area contributed by atoms with Gasteiger partial charge in [0.15, 0.2) is 0 Å². The Morgan fingerprint density at radius 1 is 1.33 bits per heavy atom. The molecule has 3 atom stereocenters. The second kappa shape index (κ2) is 5.00. The third-order valence-electron chi connectivity index (χ3n) is 4.53. The normalized spacial score (nSPS) is 27.0. The zero-order valence-corrected chi connectivity index (χ0v) is 11.6. The van der Waals surface area contributed by atoms with Crippen molar-refractivity contribution in [3.8, 4) is 11.3 Å². The fourth-order valence-electron chi connectivity index (χ4n) is 3.29. The third kappa shape index (κ3) is 2.14. The first-order valence-electron chi connectivity index (χ1n) is 7.34. The molecule has 1 aromatic heterocycles. The fraction of sp³-hybridized carbons (Fsp3) is 0.375. The number of nitrogens with zero attached hydrogens (tertiary/aromatic N) is 1. The summed E-state index contributed by atoms with van der Waals surface area (Å²) >= 11 is 0. The summed E-state index contributed by atoms with van der Waals surface area (Å²) in [6.07, 6.45) is 3.92. The third-order valence-corrected chi connectivity index (χ3v) is 4.53. The zero-order valence-electron chi connectivity index (χ0n) is 11.6. The van der Waals surface area contributed by atoms with Crippen LogP contribution >= 0.6 is 0 Å². The molecular formula is C16H17N3O2. The van der Waals surface area contributed by atoms with Gasteiger partial charge in [-0.2, -0.15) is 5.10 Å². The molecule has 4 rings (SSSR count). The molecule has 1 saturated carbocycles. The lowest BCUT2D eigenvalue weighted by Gasteiger charge is -2.39. The molecule has 2 fully saturated rings. The number of amides is 1. The molecule has 108 valence electrons. The number of fused-ring (bicyclic) bond motifs is 1. The predicted octanol–water partition coefficient (Wildman–Crippen LogP) is 1.98. The number of rotatable bonds is 3. The van der Waals surface area contributed by atoms with Gasteiger partial charge >= 0.3 is 0 Å². The Labute approximate surface area is 122 Å². The highest BCUT2D eigenvalue weighted by atomic mass is 16.5. The molecule has 5 nitrogen and oxygen atoms in total. The van der Waals surface area contributed by atoms with Crippen LogP contribution in [0.2, 0.25) is 0 Å². The lowest BCUT2D eigenvalue weighted by Crippen LogP contribution is -2.53. The van der Waals surface area contributed by atoms with E-state index in [1.165, 1.54) is 0 Å². The monoisotopic (exact) mass is 283 g/mol. The first-order valence-corrected chi connectivity index (χ1v) is 7.34. The summed E-state index contributed by atoms with van der Waals surface area (Å²) in [6.45, 7) is 0.822. The van der Waals surface area contributed by atoms with Gasteiger partial charge in [-0.3, -0.25) is 9.89 Å². The van der Waals surface area contributed by atoms with Crippen molar-refractivity contribution in [2.45, 2.75) is 25.0 Å². The number of hydrogen-bond donors (Lipinski definition) is 2. The predicted molar refractivity (Wildman–Crippen MR) is 77.7 cm³/mol. The number of carbonyl (C=O) groups is 1. The summed E-state index contributed by atoms with van der Waals surface area (Å²) in [4.78, 5) is 12.5. The van der Waals surface area contributed by atoms with Gasteiger partial charge in [0.25, 0.3) is 5.91 Å². The van der Waals surface area contributed by atoms with E-state index in [-0.39, 0.29) is 11.9 Å². The first kappa shape index (κ1) is 12.6. The van der Waals surface area contributed by atoms with Crippen molar-refractivity contribution in [3.63, 3.8) is 0 Å². The maximum atomic E-state index is 12.5. The average Bonchev–Trinajstić information content (AvgIpc) is 3.12. The molecule has 1 aliphatic carbocycles. The summed E-state index contributed by atoms with van der Waals surface area (Å²) in [5.41, 5.74) is 2.34. The van der Waals surface area contributed by atoms with Crippen LogP contribution in [0, 0.1) is 5.92 Å². The van der Waals surface area contributed by atoms with Crippen LogP contribution in [0.3, 0.4) is 0 Å². The highest BCUT2D eigenvalue weighted by Gasteiger charge is 2.45. The van der Waals surface area contributed by atoms with Crippen molar-refractivity contribution in [3.05, 3.63) is 42.1 Å². The van der Waals surface area contributed by atoms with Crippen molar-refractivity contribution in [2.75, 3.05) is 6.61 Å². The number of benzene rings is 1. The molecule has 1 saturated heterocycles. The number of aromatic amines is 1. The van der Waals surface area contributed by atoms with Crippen molar-refractivity contribution < 1.29 is 9.53 Å². The number of carbonyl (C=O) groups excluding carboxylic acids is 1. The Hall–Kier alpha value is -2.14. The highest BCUT2D eigenvalue weighted by Crippen LogP contribution is 2.38. The van der Waals surface area contributed by atoms with Gasteiger partial charge in [0, 0.05) is 24.1 Å². The minimum atomic E-state index is -0.0575. The minimum Gasteiger partial charge on any atom is -0.378 e. The van der Waals surface area contributed by atoms with E-state index >= 15 is 0 Å². The second-order valence-electron chi connectivity index (χ2n) is 5.70. The second-order valence-corrected chi connectivity index (χ2v) is 5.70. The van der Waals surface area contributed by atoms with E-state index in [0.29, 0.717) is 17.6 Å². The largest absolute Gasteiger partial charge is 0.378 e. The average molecular weight is 283 g/mol. The summed E-state index contributed by atoms with van der Waals surface area (Å²) in [5, 5.41) is 10.1. The fourth-order valence-corrected chi connectivity index (χ4v) is 3.29. The molecular weight excluding hydrogens is 266 g/mol. The van der Waals surface area contributed by atoms with Crippen molar-refractivity contribution in [2.24, 2.45) is 5.92 Å². The molecule has 0 spiro atoms. The van der Waals surface area contributed by atoms with Gasteiger partial charge in [0.05, 0.1) is 23.6 Å². The number of hydrogen-bond acceptors (Lipinski definition) is 3. The zero-order chi connectivity index (χ0) is 14.2. The van der Waals surface area contributed by atoms with Crippen LogP contribution in [-0.4, -0.2) is 34.9 Å². The number of ether oxygens (including phenoxy) is 1. The Balaban J connectivity index is 1.52. The van der Waals surface area contributed by atoms with Crippen molar-refractivity contribution in [1.82, 2.24) is 15.5 Å². The Kier molecular flexibility index (Phi) is 3.00. The van der Waals surface area contributed by atoms with E-state index < -0.39 is 0 Å². The Morgan fingerprint density at radius 2 is 2.19 bits per heavy atom. The van der Waals surface area contributed by atoms with Crippen LogP contribution in [0.1, 0.15) is 23.2 Å². The molecule has 5 heteroatoms. The van der Waals surface area contributed by atoms with Gasteiger partial charge in [-0.25, -0.2) is 0 Å². The van der Waals surface area contributed by atoms with Crippen LogP contribution in [0.15, 0.2) is 36.5 Å². The lowest BCUT2D eigenvalue weighted by molar-refractivity contribution is 0.00811. The van der Waals surface area contributed by atoms with Crippen LogP contribution in [0.4, 0.5) is 0 Å². The molecule has 1 amide bonds. The van der Waals surface area contributed by atoms with E-state index in [4.69, 9.17) is 4.74 Å². The SMILES string of the molecule is O=C(N[C@H]1C[C@@H]2OCC[C@H]12)c1cn[nH]c1-c1ccccc1.